The van der Waals surface area contributed by atoms with E-state index in [9.17, 15) is 5.11 Å². The summed E-state index contributed by atoms with van der Waals surface area (Å²) in [6.07, 6.45) is 1.05. The molecule has 2 atom stereocenters. The van der Waals surface area contributed by atoms with Crippen molar-refractivity contribution in [3.05, 3.63) is 29.3 Å². The first kappa shape index (κ1) is 13.5. The monoisotopic (exact) mass is 265 g/mol. The molecule has 98 valence electrons. The van der Waals surface area contributed by atoms with Gasteiger partial charge >= 0.3 is 0 Å². The van der Waals surface area contributed by atoms with Gasteiger partial charge in [0.15, 0.2) is 0 Å². The second-order valence-corrected chi connectivity index (χ2v) is 5.84. The molecule has 3 nitrogen and oxygen atoms in total. The number of thiazole rings is 1. The largest absolute Gasteiger partial charge is 0.393 e. The molecule has 0 bridgehead atoms. The summed E-state index contributed by atoms with van der Waals surface area (Å²) in [4.78, 5) is 4.53. The van der Waals surface area contributed by atoms with E-state index in [-0.39, 0.29) is 6.10 Å². The highest BCUT2D eigenvalue weighted by molar-refractivity contribution is 7.18. The van der Waals surface area contributed by atoms with Gasteiger partial charge in [0.05, 0.1) is 21.3 Å². The van der Waals surface area contributed by atoms with E-state index in [0.717, 1.165) is 16.9 Å². The van der Waals surface area contributed by atoms with E-state index in [1.165, 1.54) is 4.70 Å². The standard InChI is InChI=1S/C14H19NO2S/c1-10(9-17-2)7-11(16)8-14-15-12-5-3-4-6-13(12)18-14/h3-6,10-11,16H,7-9H2,1-2H3. The van der Waals surface area contributed by atoms with Crippen LogP contribution in [0.1, 0.15) is 18.4 Å². The third kappa shape index (κ3) is 3.51. The number of nitrogens with zero attached hydrogens (tertiary/aromatic N) is 1. The number of methoxy groups -OCH3 is 1. The van der Waals surface area contributed by atoms with Gasteiger partial charge in [0, 0.05) is 20.1 Å². The lowest BCUT2D eigenvalue weighted by molar-refractivity contribution is 0.102. The molecule has 1 N–H and O–H groups in total. The Morgan fingerprint density at radius 1 is 1.39 bits per heavy atom. The van der Waals surface area contributed by atoms with E-state index in [0.29, 0.717) is 18.9 Å². The second-order valence-electron chi connectivity index (χ2n) is 4.73. The fourth-order valence-electron chi connectivity index (χ4n) is 2.11. The Balaban J connectivity index is 1.96. The van der Waals surface area contributed by atoms with Gasteiger partial charge in [-0.2, -0.15) is 0 Å². The van der Waals surface area contributed by atoms with E-state index in [1.54, 1.807) is 18.4 Å². The summed E-state index contributed by atoms with van der Waals surface area (Å²) in [6, 6.07) is 8.08. The third-order valence-corrected chi connectivity index (χ3v) is 3.93. The number of fused-ring (bicyclic) bond motifs is 1. The van der Waals surface area contributed by atoms with Crippen molar-refractivity contribution in [2.45, 2.75) is 25.9 Å². The maximum absolute atomic E-state index is 10.0. The predicted molar refractivity (Wildman–Crippen MR) is 75.0 cm³/mol. The van der Waals surface area contributed by atoms with Crippen molar-refractivity contribution in [2.75, 3.05) is 13.7 Å². The average molecular weight is 265 g/mol. The lowest BCUT2D eigenvalue weighted by Gasteiger charge is -2.14. The fourth-order valence-corrected chi connectivity index (χ4v) is 3.15. The fraction of sp³-hybridized carbons (Fsp3) is 0.500. The van der Waals surface area contributed by atoms with E-state index in [2.05, 4.69) is 18.0 Å². The summed E-state index contributed by atoms with van der Waals surface area (Å²) >= 11 is 1.66. The minimum Gasteiger partial charge on any atom is -0.393 e. The molecule has 0 amide bonds. The molecule has 0 saturated carbocycles. The molecule has 1 aromatic heterocycles. The Labute approximate surface area is 111 Å². The lowest BCUT2D eigenvalue weighted by atomic mass is 10.0. The van der Waals surface area contributed by atoms with Gasteiger partial charge in [0.1, 0.15) is 0 Å². The maximum atomic E-state index is 10.0. The Morgan fingerprint density at radius 2 is 2.17 bits per heavy atom. The normalized spacial score (nSPS) is 14.8. The number of para-hydroxylation sites is 1. The van der Waals surface area contributed by atoms with Gasteiger partial charge in [-0.1, -0.05) is 19.1 Å². The van der Waals surface area contributed by atoms with Crippen molar-refractivity contribution in [1.29, 1.82) is 0 Å². The van der Waals surface area contributed by atoms with Crippen LogP contribution in [-0.2, 0) is 11.2 Å². The molecule has 0 aliphatic rings. The second kappa shape index (κ2) is 6.27. The van der Waals surface area contributed by atoms with Gasteiger partial charge < -0.3 is 9.84 Å². The quantitative estimate of drug-likeness (QED) is 0.873. The number of hydrogen-bond acceptors (Lipinski definition) is 4. The smallest absolute Gasteiger partial charge is 0.0964 e. The lowest BCUT2D eigenvalue weighted by Crippen LogP contribution is -2.17. The van der Waals surface area contributed by atoms with Crippen molar-refractivity contribution in [2.24, 2.45) is 5.92 Å². The van der Waals surface area contributed by atoms with Crippen LogP contribution in [0.4, 0.5) is 0 Å². The van der Waals surface area contributed by atoms with Gasteiger partial charge in [-0.25, -0.2) is 4.98 Å². The van der Waals surface area contributed by atoms with Gasteiger partial charge in [0.2, 0.25) is 0 Å². The summed E-state index contributed by atoms with van der Waals surface area (Å²) in [5.41, 5.74) is 1.02. The van der Waals surface area contributed by atoms with Crippen molar-refractivity contribution < 1.29 is 9.84 Å². The molecule has 1 heterocycles. The third-order valence-electron chi connectivity index (χ3n) is 2.87. The van der Waals surface area contributed by atoms with E-state index < -0.39 is 0 Å². The van der Waals surface area contributed by atoms with Crippen molar-refractivity contribution >= 4 is 21.6 Å². The zero-order chi connectivity index (χ0) is 13.0. The molecule has 2 rings (SSSR count). The highest BCUT2D eigenvalue weighted by atomic mass is 32.1. The molecule has 0 spiro atoms. The van der Waals surface area contributed by atoms with Crippen LogP contribution in [0.25, 0.3) is 10.2 Å². The molecular weight excluding hydrogens is 246 g/mol. The molecule has 0 radical (unpaired) electrons. The van der Waals surface area contributed by atoms with Crippen LogP contribution >= 0.6 is 11.3 Å². The molecule has 0 fully saturated rings. The van der Waals surface area contributed by atoms with E-state index >= 15 is 0 Å². The van der Waals surface area contributed by atoms with E-state index in [1.807, 2.05) is 18.2 Å². The van der Waals surface area contributed by atoms with Gasteiger partial charge in [-0.3, -0.25) is 0 Å². The van der Waals surface area contributed by atoms with Crippen LogP contribution in [0.5, 0.6) is 0 Å². The Hall–Kier alpha value is -0.970. The SMILES string of the molecule is COCC(C)CC(O)Cc1nc2ccccc2s1. The molecular formula is C14H19NO2S. The van der Waals surface area contributed by atoms with Crippen molar-refractivity contribution in [3.63, 3.8) is 0 Å². The minimum absolute atomic E-state index is 0.337. The van der Waals surface area contributed by atoms with Crippen molar-refractivity contribution in [1.82, 2.24) is 4.98 Å². The number of aromatic nitrogens is 1. The van der Waals surface area contributed by atoms with Gasteiger partial charge in [-0.05, 0) is 24.5 Å². The molecule has 18 heavy (non-hydrogen) atoms. The molecule has 0 saturated heterocycles. The Kier molecular flexibility index (Phi) is 4.69. The molecule has 2 aromatic rings. The van der Waals surface area contributed by atoms with Crippen LogP contribution in [-0.4, -0.2) is 29.9 Å². The Morgan fingerprint density at radius 3 is 2.89 bits per heavy atom. The Bertz CT molecular complexity index is 464. The first-order valence-corrected chi connectivity index (χ1v) is 7.02. The highest BCUT2D eigenvalue weighted by Crippen LogP contribution is 2.23. The summed E-state index contributed by atoms with van der Waals surface area (Å²) in [7, 11) is 1.69. The summed E-state index contributed by atoms with van der Waals surface area (Å²) in [6.45, 7) is 2.78. The van der Waals surface area contributed by atoms with Crippen LogP contribution in [0.15, 0.2) is 24.3 Å². The number of ether oxygens (including phenoxy) is 1. The van der Waals surface area contributed by atoms with Gasteiger partial charge in [0.25, 0.3) is 0 Å². The number of rotatable bonds is 6. The van der Waals surface area contributed by atoms with Crippen LogP contribution in [0.2, 0.25) is 0 Å². The first-order valence-electron chi connectivity index (χ1n) is 6.20. The zero-order valence-electron chi connectivity index (χ0n) is 10.8. The molecule has 1 aromatic carbocycles. The number of aliphatic hydroxyl groups excluding tert-OH is 1. The average Bonchev–Trinajstić information content (AvgIpc) is 2.70. The summed E-state index contributed by atoms with van der Waals surface area (Å²) in [5, 5.41) is 11.0. The summed E-state index contributed by atoms with van der Waals surface area (Å²) in [5.74, 6) is 0.374. The zero-order valence-corrected chi connectivity index (χ0v) is 11.6. The number of hydrogen-bond donors (Lipinski definition) is 1. The molecule has 4 heteroatoms. The van der Waals surface area contributed by atoms with E-state index in [4.69, 9.17) is 4.74 Å². The van der Waals surface area contributed by atoms with Crippen molar-refractivity contribution in [3.8, 4) is 0 Å². The minimum atomic E-state index is -0.337. The van der Waals surface area contributed by atoms with Gasteiger partial charge in [-0.15, -0.1) is 11.3 Å². The molecule has 0 aliphatic heterocycles. The number of aliphatic hydroxyl groups is 1. The maximum Gasteiger partial charge on any atom is 0.0964 e. The highest BCUT2D eigenvalue weighted by Gasteiger charge is 2.13. The van der Waals surface area contributed by atoms with Crippen LogP contribution in [0.3, 0.4) is 0 Å². The molecule has 2 unspecified atom stereocenters. The van der Waals surface area contributed by atoms with Crippen LogP contribution < -0.4 is 0 Å². The topological polar surface area (TPSA) is 42.4 Å². The predicted octanol–water partition coefficient (Wildman–Crippen LogP) is 2.87. The van der Waals surface area contributed by atoms with Crippen LogP contribution in [0, 0.1) is 5.92 Å². The molecule has 0 aliphatic carbocycles. The number of benzene rings is 1. The summed E-state index contributed by atoms with van der Waals surface area (Å²) < 4.78 is 6.26. The first-order chi connectivity index (χ1) is 8.69.